The third kappa shape index (κ3) is 17.1. The molecule has 0 atom stereocenters. The maximum absolute atomic E-state index is 8.64. The fourth-order valence-corrected chi connectivity index (χ4v) is 5.91. The summed E-state index contributed by atoms with van der Waals surface area (Å²) in [5.74, 6) is 9.01. The molecule has 6 aromatic rings. The molecular weight excluding hydrogens is 882 g/mol. The molecule has 2 aliphatic heterocycles. The second kappa shape index (κ2) is 30.3. The van der Waals surface area contributed by atoms with E-state index in [2.05, 4.69) is 47.3 Å². The van der Waals surface area contributed by atoms with Gasteiger partial charge in [-0.15, -0.1) is 25.3 Å². The Morgan fingerprint density at radius 2 is 0.892 bits per heavy atom. The minimum Gasteiger partial charge on any atom is -1.00 e. The molecule has 2 aliphatic rings. The van der Waals surface area contributed by atoms with Gasteiger partial charge < -0.3 is 60.1 Å². The number of anilines is 4. The van der Waals surface area contributed by atoms with Gasteiger partial charge in [-0.1, -0.05) is 24.0 Å². The van der Waals surface area contributed by atoms with E-state index in [-0.39, 0.29) is 79.4 Å². The molecule has 4 aromatic carbocycles. The van der Waals surface area contributed by atoms with Crippen LogP contribution in [0.3, 0.4) is 0 Å². The van der Waals surface area contributed by atoms with Gasteiger partial charge in [0.1, 0.15) is 50.7 Å². The number of nitrogens with one attached hydrogen (secondary N) is 2. The largest absolute Gasteiger partial charge is 1.00 e. The van der Waals surface area contributed by atoms with Crippen molar-refractivity contribution in [3.05, 3.63) is 96.6 Å². The Morgan fingerprint density at radius 3 is 1.23 bits per heavy atom. The number of ether oxygens (including phenoxy) is 8. The molecule has 2 aromatic heterocycles. The number of carbonyl (C=O) groups excluding carboxylic acids is 1. The van der Waals surface area contributed by atoms with Gasteiger partial charge in [-0.05, 0) is 48.5 Å². The van der Waals surface area contributed by atoms with Gasteiger partial charge >= 0.3 is 59.1 Å². The molecule has 0 saturated carbocycles. The molecule has 2 N–H and O–H groups in total. The molecule has 330 valence electrons. The van der Waals surface area contributed by atoms with E-state index in [1.165, 1.54) is 12.7 Å². The van der Waals surface area contributed by atoms with Crippen molar-refractivity contribution in [2.45, 2.75) is 0 Å². The zero-order chi connectivity index (χ0) is 43.2. The molecule has 0 fully saturated rings. The van der Waals surface area contributed by atoms with Crippen LogP contribution in [0.15, 0.2) is 85.5 Å². The first-order valence-electron chi connectivity index (χ1n) is 19.4. The van der Waals surface area contributed by atoms with Crippen LogP contribution in [-0.4, -0.2) is 106 Å². The molecule has 0 saturated heterocycles. The first kappa shape index (κ1) is 54.4. The SMILES string of the molecule is C#Cc1cccc(Nc2ncnc3cc4c(cc23)OCCOCCOCCO4)c1.C#Cc1cccc(Nc2ncnc3cc4c(cc23)OCCOCCOCCO4)c1.Cl.O=CO[O-].[H-].[Na+].[Na+]. The Kier molecular flexibility index (Phi) is 25.3. The van der Waals surface area contributed by atoms with E-state index in [4.69, 9.17) is 60.8 Å². The average molecular weight is 927 g/mol. The molecule has 20 heteroatoms. The normalized spacial score (nSPS) is 13.7. The number of nitrogens with zero attached hydrogens (tertiary/aromatic N) is 4. The summed E-state index contributed by atoms with van der Waals surface area (Å²) < 4.78 is 45.5. The van der Waals surface area contributed by atoms with Crippen molar-refractivity contribution in [2.75, 3.05) is 89.9 Å². The molecule has 0 aliphatic carbocycles. The van der Waals surface area contributed by atoms with Crippen LogP contribution in [0, 0.1) is 24.7 Å². The Balaban J connectivity index is 0.000000397. The van der Waals surface area contributed by atoms with Crippen LogP contribution in [-0.2, 0) is 28.6 Å². The van der Waals surface area contributed by atoms with Crippen LogP contribution in [0.25, 0.3) is 21.8 Å². The molecule has 4 heterocycles. The summed E-state index contributed by atoms with van der Waals surface area (Å²) in [6.45, 7) is 5.49. The summed E-state index contributed by atoms with van der Waals surface area (Å²) in [6, 6.07) is 22.6. The Morgan fingerprint density at radius 1 is 0.554 bits per heavy atom. The van der Waals surface area contributed by atoms with E-state index in [1.807, 2.05) is 72.8 Å². The van der Waals surface area contributed by atoms with E-state index in [9.17, 15) is 0 Å². The summed E-state index contributed by atoms with van der Waals surface area (Å²) >= 11 is 0. The van der Waals surface area contributed by atoms with Crippen molar-refractivity contribution < 1.29 is 113 Å². The van der Waals surface area contributed by atoms with Gasteiger partial charge in [-0.2, -0.15) is 0 Å². The van der Waals surface area contributed by atoms with Gasteiger partial charge in [0.05, 0.1) is 63.9 Å². The quantitative estimate of drug-likeness (QED) is 0.0723. The second-order valence-electron chi connectivity index (χ2n) is 12.8. The molecule has 0 unspecified atom stereocenters. The van der Waals surface area contributed by atoms with Gasteiger partial charge in [-0.3, -0.25) is 4.79 Å². The summed E-state index contributed by atoms with van der Waals surface area (Å²) in [6.07, 6.45) is 14.0. The molecule has 0 bridgehead atoms. The minimum atomic E-state index is -0.181. The molecule has 0 spiro atoms. The number of rotatable bonds is 5. The zero-order valence-corrected chi connectivity index (χ0v) is 40.8. The predicted molar refractivity (Wildman–Crippen MR) is 235 cm³/mol. The van der Waals surface area contributed by atoms with Crippen molar-refractivity contribution in [1.82, 2.24) is 19.9 Å². The van der Waals surface area contributed by atoms with Crippen LogP contribution in [0.1, 0.15) is 12.6 Å². The number of hydrogen-bond acceptors (Lipinski definition) is 17. The number of halogens is 1. The Hall–Kier alpha value is -4.96. The van der Waals surface area contributed by atoms with E-state index >= 15 is 0 Å². The van der Waals surface area contributed by atoms with Gasteiger partial charge in [0.2, 0.25) is 0 Å². The molecule has 17 nitrogen and oxygen atoms in total. The van der Waals surface area contributed by atoms with Crippen molar-refractivity contribution >= 4 is 63.7 Å². The molecular formula is C45H45ClN6Na2O11. The topological polar surface area (TPSA) is 199 Å². The maximum Gasteiger partial charge on any atom is 1.00 e. The van der Waals surface area contributed by atoms with Crippen LogP contribution >= 0.6 is 12.4 Å². The molecule has 65 heavy (non-hydrogen) atoms. The van der Waals surface area contributed by atoms with E-state index in [0.717, 1.165) is 44.3 Å². The minimum absolute atomic E-state index is 0. The average Bonchev–Trinajstić information content (AvgIpc) is 3.29. The number of aromatic nitrogens is 4. The Labute approximate surface area is 428 Å². The second-order valence-corrected chi connectivity index (χ2v) is 12.8. The van der Waals surface area contributed by atoms with Crippen LogP contribution in [0.2, 0.25) is 0 Å². The zero-order valence-electron chi connectivity index (χ0n) is 37.0. The first-order valence-corrected chi connectivity index (χ1v) is 19.4. The summed E-state index contributed by atoms with van der Waals surface area (Å²) in [7, 11) is 0. The number of hydrogen-bond donors (Lipinski definition) is 2. The fourth-order valence-electron chi connectivity index (χ4n) is 5.91. The third-order valence-electron chi connectivity index (χ3n) is 8.71. The van der Waals surface area contributed by atoms with Crippen molar-refractivity contribution in [3.63, 3.8) is 0 Å². The van der Waals surface area contributed by atoms with Crippen LogP contribution in [0.5, 0.6) is 23.0 Å². The predicted octanol–water partition coefficient (Wildman–Crippen LogP) is -0.705. The van der Waals surface area contributed by atoms with E-state index in [1.54, 1.807) is 0 Å². The van der Waals surface area contributed by atoms with Gasteiger partial charge in [-0.25, -0.2) is 19.9 Å². The van der Waals surface area contributed by atoms with Crippen molar-refractivity contribution in [2.24, 2.45) is 0 Å². The monoisotopic (exact) mass is 926 g/mol. The molecule has 8 rings (SSSR count). The van der Waals surface area contributed by atoms with Crippen LogP contribution < -0.4 is 94.0 Å². The third-order valence-corrected chi connectivity index (χ3v) is 8.71. The van der Waals surface area contributed by atoms with Gasteiger partial charge in [0, 0.05) is 45.4 Å². The van der Waals surface area contributed by atoms with Crippen molar-refractivity contribution in [1.29, 1.82) is 0 Å². The summed E-state index contributed by atoms with van der Waals surface area (Å²) in [5, 5.41) is 16.7. The van der Waals surface area contributed by atoms with Crippen molar-refractivity contribution in [3.8, 4) is 47.7 Å². The van der Waals surface area contributed by atoms with Crippen LogP contribution in [0.4, 0.5) is 23.0 Å². The molecule has 0 radical (unpaired) electrons. The fraction of sp³-hybridized carbons (Fsp3) is 0.267. The standard InChI is InChI=1S/2C22H21N3O4.CH2O3.ClH.2Na.H/c2*1-2-16-4-3-5-17(12-16)25-22-18-13-20-21(14-19(18)23-15-24-22)29-11-9-27-7-6-26-8-10-28-20;2-1-4-3;;;;/h2*1,3-5,12-15H,6-11H2,(H,23,24,25);1,3H;1H;;;/q;;;;2*+1;-1/p-1. The van der Waals surface area contributed by atoms with Gasteiger partial charge in [0.15, 0.2) is 23.0 Å². The summed E-state index contributed by atoms with van der Waals surface area (Å²) in [5.41, 5.74) is 4.74. The Bertz CT molecular complexity index is 2340. The number of fused-ring (bicyclic) bond motifs is 4. The van der Waals surface area contributed by atoms with E-state index in [0.29, 0.717) is 114 Å². The number of terminal acetylenes is 2. The number of benzene rings is 4. The van der Waals surface area contributed by atoms with Gasteiger partial charge in [0.25, 0.3) is 6.47 Å². The number of carbonyl (C=O) groups is 1. The first-order chi connectivity index (χ1) is 30.6. The van der Waals surface area contributed by atoms with E-state index < -0.39 is 0 Å². The smallest absolute Gasteiger partial charge is 1.00 e. The molecule has 0 amide bonds. The summed E-state index contributed by atoms with van der Waals surface area (Å²) in [4.78, 5) is 28.8. The maximum atomic E-state index is 8.64.